The van der Waals surface area contributed by atoms with Crippen LogP contribution in [0.4, 0.5) is 0 Å². The summed E-state index contributed by atoms with van der Waals surface area (Å²) in [5, 5.41) is 0. The van der Waals surface area contributed by atoms with Crippen LogP contribution in [-0.2, 0) is 6.54 Å². The smallest absolute Gasteiger partial charge is 0.279 e. The van der Waals surface area contributed by atoms with E-state index < -0.39 is 0 Å². The van der Waals surface area contributed by atoms with E-state index in [0.29, 0.717) is 35.9 Å². The summed E-state index contributed by atoms with van der Waals surface area (Å²) in [5.41, 5.74) is 1.48. The molecular weight excluding hydrogens is 352 g/mol. The Hall–Kier alpha value is -2.80. The Morgan fingerprint density at radius 2 is 2.00 bits per heavy atom. The fourth-order valence-electron chi connectivity index (χ4n) is 2.90. The molecule has 3 aromatic rings. The highest BCUT2D eigenvalue weighted by molar-refractivity contribution is 7.16. The first-order valence-electron chi connectivity index (χ1n) is 8.35. The van der Waals surface area contributed by atoms with Crippen molar-refractivity contribution in [1.82, 2.24) is 4.57 Å². The molecule has 0 N–H and O–H groups in total. The number of fused-ring (bicyclic) bond motifs is 2. The van der Waals surface area contributed by atoms with Crippen molar-refractivity contribution in [2.24, 2.45) is 4.99 Å². The Morgan fingerprint density at radius 1 is 1.23 bits per heavy atom. The first kappa shape index (κ1) is 16.7. The molecule has 0 fully saturated rings. The van der Waals surface area contributed by atoms with Gasteiger partial charge in [-0.15, -0.1) is 0 Å². The molecule has 2 aromatic carbocycles. The minimum atomic E-state index is -0.296. The van der Waals surface area contributed by atoms with Crippen LogP contribution >= 0.6 is 11.3 Å². The van der Waals surface area contributed by atoms with Crippen LogP contribution in [0.25, 0.3) is 10.2 Å². The number of hydrogen-bond acceptors (Lipinski definition) is 5. The quantitative estimate of drug-likeness (QED) is 0.710. The second-order valence-electron chi connectivity index (χ2n) is 5.74. The summed E-state index contributed by atoms with van der Waals surface area (Å²) in [6.07, 6.45) is 0. The normalized spacial score (nSPS) is 13.8. The number of methoxy groups -OCH3 is 1. The number of hydrogen-bond donors (Lipinski definition) is 0. The van der Waals surface area contributed by atoms with Crippen molar-refractivity contribution in [2.75, 3.05) is 20.3 Å². The molecule has 1 amide bonds. The molecule has 1 aromatic heterocycles. The highest BCUT2D eigenvalue weighted by Crippen LogP contribution is 2.35. The van der Waals surface area contributed by atoms with Crippen LogP contribution in [0, 0.1) is 0 Å². The maximum absolute atomic E-state index is 12.6. The summed E-state index contributed by atoms with van der Waals surface area (Å²) >= 11 is 1.46. The fraction of sp³-hybridized carbons (Fsp3) is 0.263. The largest absolute Gasteiger partial charge is 0.497 e. The van der Waals surface area contributed by atoms with Crippen LogP contribution in [-0.4, -0.2) is 30.8 Å². The molecule has 6 nitrogen and oxygen atoms in total. The minimum Gasteiger partial charge on any atom is -0.497 e. The molecule has 0 spiro atoms. The Kier molecular flexibility index (Phi) is 4.38. The lowest BCUT2D eigenvalue weighted by Crippen LogP contribution is -2.17. The van der Waals surface area contributed by atoms with Crippen molar-refractivity contribution < 1.29 is 19.0 Å². The third kappa shape index (κ3) is 2.94. The maximum Gasteiger partial charge on any atom is 0.279 e. The van der Waals surface area contributed by atoms with E-state index in [1.54, 1.807) is 31.4 Å². The van der Waals surface area contributed by atoms with Crippen LogP contribution in [0.5, 0.6) is 17.2 Å². The van der Waals surface area contributed by atoms with Gasteiger partial charge in [-0.25, -0.2) is 0 Å². The van der Waals surface area contributed by atoms with E-state index >= 15 is 0 Å². The van der Waals surface area contributed by atoms with Crippen LogP contribution < -0.4 is 19.0 Å². The van der Waals surface area contributed by atoms with Gasteiger partial charge >= 0.3 is 0 Å². The summed E-state index contributed by atoms with van der Waals surface area (Å²) in [7, 11) is 1.57. The predicted octanol–water partition coefficient (Wildman–Crippen LogP) is 3.24. The average Bonchev–Trinajstić information content (AvgIpc) is 3.01. The van der Waals surface area contributed by atoms with Gasteiger partial charge in [-0.3, -0.25) is 4.79 Å². The molecule has 4 rings (SSSR count). The highest BCUT2D eigenvalue weighted by Gasteiger charge is 2.16. The molecule has 0 saturated carbocycles. The van der Waals surface area contributed by atoms with Crippen molar-refractivity contribution in [2.45, 2.75) is 13.5 Å². The zero-order valence-corrected chi connectivity index (χ0v) is 15.3. The van der Waals surface area contributed by atoms with Gasteiger partial charge in [-0.1, -0.05) is 17.4 Å². The number of aromatic nitrogens is 1. The number of rotatable bonds is 3. The highest BCUT2D eigenvalue weighted by atomic mass is 32.1. The van der Waals surface area contributed by atoms with Crippen molar-refractivity contribution in [3.8, 4) is 17.2 Å². The summed E-state index contributed by atoms with van der Waals surface area (Å²) in [6.45, 7) is 3.81. The molecule has 26 heavy (non-hydrogen) atoms. The number of nitrogens with zero attached hydrogens (tertiary/aromatic N) is 2. The Bertz CT molecular complexity index is 1050. The number of carbonyl (C=O) groups excluding carboxylic acids is 1. The lowest BCUT2D eigenvalue weighted by molar-refractivity contribution is 0.0997. The second kappa shape index (κ2) is 6.84. The molecule has 0 aliphatic carbocycles. The molecule has 1 aliphatic heterocycles. The van der Waals surface area contributed by atoms with Crippen LogP contribution in [0.3, 0.4) is 0 Å². The second-order valence-corrected chi connectivity index (χ2v) is 6.75. The summed E-state index contributed by atoms with van der Waals surface area (Å²) in [4.78, 5) is 17.6. The van der Waals surface area contributed by atoms with E-state index in [9.17, 15) is 4.79 Å². The molecule has 0 atom stereocenters. The van der Waals surface area contributed by atoms with Crippen molar-refractivity contribution in [3.05, 3.63) is 46.8 Å². The molecule has 134 valence electrons. The van der Waals surface area contributed by atoms with Crippen molar-refractivity contribution in [3.63, 3.8) is 0 Å². The first-order chi connectivity index (χ1) is 12.7. The topological polar surface area (TPSA) is 62.1 Å². The standard InChI is InChI=1S/C19H18N2O4S/c1-3-21-14-10-15-16(25-8-7-24-15)11-17(14)26-19(21)20-18(22)12-5-4-6-13(9-12)23-2/h4-6,9-11H,3,7-8H2,1-2H3. The van der Waals surface area contributed by atoms with Crippen LogP contribution in [0.1, 0.15) is 17.3 Å². The zero-order chi connectivity index (χ0) is 18.1. The van der Waals surface area contributed by atoms with E-state index in [1.165, 1.54) is 11.3 Å². The number of benzene rings is 2. The number of aryl methyl sites for hydroxylation is 1. The molecule has 0 saturated heterocycles. The van der Waals surface area contributed by atoms with E-state index in [1.807, 2.05) is 23.6 Å². The van der Waals surface area contributed by atoms with E-state index in [0.717, 1.165) is 21.7 Å². The molecule has 0 unspecified atom stereocenters. The Balaban J connectivity index is 1.82. The number of carbonyl (C=O) groups is 1. The van der Waals surface area contributed by atoms with Crippen LogP contribution in [0.15, 0.2) is 41.4 Å². The van der Waals surface area contributed by atoms with Gasteiger partial charge in [0.15, 0.2) is 16.3 Å². The van der Waals surface area contributed by atoms with Gasteiger partial charge in [0, 0.05) is 24.2 Å². The Morgan fingerprint density at radius 3 is 2.73 bits per heavy atom. The molecule has 7 heteroatoms. The molecule has 2 heterocycles. The Labute approximate surface area is 154 Å². The number of thiazole rings is 1. The van der Waals surface area contributed by atoms with Gasteiger partial charge in [0.2, 0.25) is 0 Å². The van der Waals surface area contributed by atoms with Crippen molar-refractivity contribution in [1.29, 1.82) is 0 Å². The molecule has 0 bridgehead atoms. The molecule has 1 aliphatic rings. The molecule has 0 radical (unpaired) electrons. The van der Waals surface area contributed by atoms with Crippen LogP contribution in [0.2, 0.25) is 0 Å². The first-order valence-corrected chi connectivity index (χ1v) is 9.17. The average molecular weight is 370 g/mol. The van der Waals surface area contributed by atoms with E-state index in [-0.39, 0.29) is 5.91 Å². The zero-order valence-electron chi connectivity index (χ0n) is 14.5. The third-order valence-electron chi connectivity index (χ3n) is 4.18. The fourth-order valence-corrected chi connectivity index (χ4v) is 4.01. The van der Waals surface area contributed by atoms with Gasteiger partial charge in [0.1, 0.15) is 19.0 Å². The number of amides is 1. The van der Waals surface area contributed by atoms with E-state index in [4.69, 9.17) is 14.2 Å². The summed E-state index contributed by atoms with van der Waals surface area (Å²) in [5.74, 6) is 1.80. The minimum absolute atomic E-state index is 0.296. The monoisotopic (exact) mass is 370 g/mol. The predicted molar refractivity (Wildman–Crippen MR) is 99.4 cm³/mol. The lowest BCUT2D eigenvalue weighted by atomic mass is 10.2. The maximum atomic E-state index is 12.6. The third-order valence-corrected chi connectivity index (χ3v) is 5.22. The van der Waals surface area contributed by atoms with E-state index in [2.05, 4.69) is 4.99 Å². The SMILES string of the molecule is CCn1c(=NC(=O)c2cccc(OC)c2)sc2cc3c(cc21)OCCO3. The van der Waals surface area contributed by atoms with Gasteiger partial charge in [-0.2, -0.15) is 4.99 Å². The van der Waals surface area contributed by atoms with Gasteiger partial charge in [-0.05, 0) is 25.1 Å². The van der Waals surface area contributed by atoms with Crippen molar-refractivity contribution >= 4 is 27.5 Å². The summed E-state index contributed by atoms with van der Waals surface area (Å²) in [6, 6.07) is 10.9. The van der Waals surface area contributed by atoms with Gasteiger partial charge in [0.05, 0.1) is 17.3 Å². The molecular formula is C19H18N2O4S. The van der Waals surface area contributed by atoms with Gasteiger partial charge < -0.3 is 18.8 Å². The lowest BCUT2D eigenvalue weighted by Gasteiger charge is -2.18. The van der Waals surface area contributed by atoms with Gasteiger partial charge in [0.25, 0.3) is 5.91 Å². The number of ether oxygens (including phenoxy) is 3. The summed E-state index contributed by atoms with van der Waals surface area (Å²) < 4.78 is 19.5.